The van der Waals surface area contributed by atoms with E-state index < -0.39 is 5.60 Å². The van der Waals surface area contributed by atoms with Crippen LogP contribution in [0, 0.1) is 11.8 Å². The first-order chi connectivity index (χ1) is 11.2. The molecule has 136 valence electrons. The van der Waals surface area contributed by atoms with Gasteiger partial charge in [0.1, 0.15) is 5.60 Å². The number of nitrogens with two attached hydrogens (primary N) is 1. The van der Waals surface area contributed by atoms with Crippen molar-refractivity contribution in [2.75, 3.05) is 26.2 Å². The van der Waals surface area contributed by atoms with Gasteiger partial charge >= 0.3 is 6.09 Å². The summed E-state index contributed by atoms with van der Waals surface area (Å²) in [6.45, 7) is 7.81. The highest BCUT2D eigenvalue weighted by Crippen LogP contribution is 2.24. The van der Waals surface area contributed by atoms with Gasteiger partial charge in [-0.3, -0.25) is 9.59 Å². The fraction of sp³-hybridized carbons (Fsp3) is 0.824. The van der Waals surface area contributed by atoms with E-state index in [0.717, 1.165) is 0 Å². The number of hydrogen-bond donors (Lipinski definition) is 1. The lowest BCUT2D eigenvalue weighted by Crippen LogP contribution is -2.48. The van der Waals surface area contributed by atoms with Gasteiger partial charge in [0.15, 0.2) is 0 Å². The van der Waals surface area contributed by atoms with E-state index in [1.165, 1.54) is 0 Å². The maximum Gasteiger partial charge on any atom is 0.410 e. The number of likely N-dealkylation sites (tertiary alicyclic amines) is 2. The van der Waals surface area contributed by atoms with E-state index in [1.54, 1.807) is 4.90 Å². The number of hydrogen-bond acceptors (Lipinski definition) is 4. The molecule has 0 spiro atoms. The van der Waals surface area contributed by atoms with Crippen LogP contribution in [0.5, 0.6) is 0 Å². The lowest BCUT2D eigenvalue weighted by Gasteiger charge is -2.37. The van der Waals surface area contributed by atoms with Crippen LogP contribution in [0.2, 0.25) is 0 Å². The third-order valence-electron chi connectivity index (χ3n) is 4.70. The molecule has 3 amide bonds. The molecule has 2 heterocycles. The molecule has 0 saturated carbocycles. The lowest BCUT2D eigenvalue weighted by atomic mass is 9.92. The fourth-order valence-electron chi connectivity index (χ4n) is 3.28. The second kappa shape index (κ2) is 7.40. The average molecular weight is 339 g/mol. The summed E-state index contributed by atoms with van der Waals surface area (Å²) in [6.07, 6.45) is 2.31. The Balaban J connectivity index is 1.79. The predicted octanol–water partition coefficient (Wildman–Crippen LogP) is 1.36. The smallest absolute Gasteiger partial charge is 0.410 e. The van der Waals surface area contributed by atoms with Crippen molar-refractivity contribution in [3.63, 3.8) is 0 Å². The molecule has 0 atom stereocenters. The van der Waals surface area contributed by atoms with Gasteiger partial charge in [-0.05, 0) is 46.5 Å². The fourth-order valence-corrected chi connectivity index (χ4v) is 3.28. The number of carbonyl (C=O) groups is 3. The third kappa shape index (κ3) is 4.85. The number of amides is 3. The number of rotatable bonds is 2. The second-order valence-electron chi connectivity index (χ2n) is 7.74. The summed E-state index contributed by atoms with van der Waals surface area (Å²) in [7, 11) is 0. The van der Waals surface area contributed by atoms with Gasteiger partial charge in [-0.25, -0.2) is 4.79 Å². The molecule has 7 nitrogen and oxygen atoms in total. The van der Waals surface area contributed by atoms with E-state index in [-0.39, 0.29) is 29.7 Å². The van der Waals surface area contributed by atoms with Crippen molar-refractivity contribution in [1.82, 2.24) is 9.80 Å². The van der Waals surface area contributed by atoms with Crippen LogP contribution in [-0.4, -0.2) is 59.5 Å². The predicted molar refractivity (Wildman–Crippen MR) is 89.0 cm³/mol. The zero-order valence-corrected chi connectivity index (χ0v) is 14.9. The molecule has 0 aliphatic carbocycles. The van der Waals surface area contributed by atoms with Gasteiger partial charge in [-0.15, -0.1) is 0 Å². The molecule has 0 unspecified atom stereocenters. The monoisotopic (exact) mass is 339 g/mol. The molecule has 0 aromatic carbocycles. The first-order valence-corrected chi connectivity index (χ1v) is 8.73. The highest BCUT2D eigenvalue weighted by molar-refractivity contribution is 5.80. The van der Waals surface area contributed by atoms with Crippen LogP contribution in [0.3, 0.4) is 0 Å². The number of piperidine rings is 2. The van der Waals surface area contributed by atoms with E-state index >= 15 is 0 Å². The van der Waals surface area contributed by atoms with Gasteiger partial charge in [0.25, 0.3) is 0 Å². The Kier molecular flexibility index (Phi) is 5.72. The Labute approximate surface area is 143 Å². The van der Waals surface area contributed by atoms with Crippen LogP contribution in [0.4, 0.5) is 4.79 Å². The van der Waals surface area contributed by atoms with Gasteiger partial charge in [0.2, 0.25) is 11.8 Å². The van der Waals surface area contributed by atoms with Crippen molar-refractivity contribution >= 4 is 17.9 Å². The Morgan fingerprint density at radius 3 is 1.79 bits per heavy atom. The summed E-state index contributed by atoms with van der Waals surface area (Å²) in [5.74, 6) is -0.286. The first-order valence-electron chi connectivity index (χ1n) is 8.73. The molecular formula is C17H29N3O4. The van der Waals surface area contributed by atoms with Gasteiger partial charge in [0, 0.05) is 38.0 Å². The highest BCUT2D eigenvalue weighted by atomic mass is 16.6. The molecule has 2 fully saturated rings. The molecule has 2 aliphatic rings. The van der Waals surface area contributed by atoms with E-state index in [2.05, 4.69) is 0 Å². The van der Waals surface area contributed by atoms with E-state index in [9.17, 15) is 14.4 Å². The second-order valence-corrected chi connectivity index (χ2v) is 7.74. The Morgan fingerprint density at radius 2 is 1.33 bits per heavy atom. The molecular weight excluding hydrogens is 310 g/mol. The van der Waals surface area contributed by atoms with Gasteiger partial charge in [-0.2, -0.15) is 0 Å². The van der Waals surface area contributed by atoms with Crippen molar-refractivity contribution in [2.45, 2.75) is 52.1 Å². The van der Waals surface area contributed by atoms with E-state index in [0.29, 0.717) is 51.9 Å². The van der Waals surface area contributed by atoms with Crippen molar-refractivity contribution in [2.24, 2.45) is 17.6 Å². The summed E-state index contributed by atoms with van der Waals surface area (Å²) < 4.78 is 5.37. The van der Waals surface area contributed by atoms with Crippen LogP contribution >= 0.6 is 0 Å². The van der Waals surface area contributed by atoms with Crippen LogP contribution in [0.25, 0.3) is 0 Å². The Hall–Kier alpha value is -1.79. The lowest BCUT2D eigenvalue weighted by molar-refractivity contribution is -0.140. The molecule has 2 aliphatic heterocycles. The van der Waals surface area contributed by atoms with E-state index in [1.807, 2.05) is 25.7 Å². The average Bonchev–Trinajstić information content (AvgIpc) is 2.53. The number of primary amides is 1. The normalized spacial score (nSPS) is 20.8. The molecule has 0 aromatic rings. The molecule has 7 heteroatoms. The first kappa shape index (κ1) is 18.5. The molecule has 24 heavy (non-hydrogen) atoms. The largest absolute Gasteiger partial charge is 0.444 e. The zero-order chi connectivity index (χ0) is 17.9. The minimum atomic E-state index is -0.505. The number of carbonyl (C=O) groups excluding carboxylic acids is 3. The minimum Gasteiger partial charge on any atom is -0.444 e. The molecule has 0 aromatic heterocycles. The highest BCUT2D eigenvalue weighted by Gasteiger charge is 2.34. The quantitative estimate of drug-likeness (QED) is 0.822. The summed E-state index contributed by atoms with van der Waals surface area (Å²) in [5.41, 5.74) is 4.82. The molecule has 0 radical (unpaired) electrons. The minimum absolute atomic E-state index is 0.0474. The molecule has 2 rings (SSSR count). The maximum absolute atomic E-state index is 12.6. The van der Waals surface area contributed by atoms with Crippen molar-refractivity contribution in [3.8, 4) is 0 Å². The SMILES string of the molecule is CC(C)(C)OC(=O)N1CCC(C(=O)N2CCC(C(N)=O)CC2)CC1. The summed E-state index contributed by atoms with van der Waals surface area (Å²) in [4.78, 5) is 39.4. The standard InChI is InChI=1S/C17H29N3O4/c1-17(2,3)24-16(23)20-10-6-13(7-11-20)15(22)19-8-4-12(5-9-19)14(18)21/h12-13H,4-11H2,1-3H3,(H2,18,21). The van der Waals surface area contributed by atoms with Gasteiger partial charge in [-0.1, -0.05) is 0 Å². The number of ether oxygens (including phenoxy) is 1. The summed E-state index contributed by atoms with van der Waals surface area (Å²) >= 11 is 0. The van der Waals surface area contributed by atoms with Crippen LogP contribution in [0.1, 0.15) is 46.5 Å². The summed E-state index contributed by atoms with van der Waals surface area (Å²) in [6, 6.07) is 0. The Bertz CT molecular complexity index is 485. The van der Waals surface area contributed by atoms with Crippen LogP contribution in [0.15, 0.2) is 0 Å². The topological polar surface area (TPSA) is 92.9 Å². The Morgan fingerprint density at radius 1 is 0.875 bits per heavy atom. The molecule has 0 bridgehead atoms. The summed E-state index contributed by atoms with van der Waals surface area (Å²) in [5, 5.41) is 0. The van der Waals surface area contributed by atoms with Crippen molar-refractivity contribution in [3.05, 3.63) is 0 Å². The van der Waals surface area contributed by atoms with Crippen molar-refractivity contribution < 1.29 is 19.1 Å². The number of nitrogens with zero attached hydrogens (tertiary/aromatic N) is 2. The van der Waals surface area contributed by atoms with Crippen molar-refractivity contribution in [1.29, 1.82) is 0 Å². The molecule has 2 saturated heterocycles. The zero-order valence-electron chi connectivity index (χ0n) is 14.9. The van der Waals surface area contributed by atoms with Crippen LogP contribution in [-0.2, 0) is 14.3 Å². The molecule has 2 N–H and O–H groups in total. The maximum atomic E-state index is 12.6. The van der Waals surface area contributed by atoms with Gasteiger partial charge < -0.3 is 20.3 Å². The third-order valence-corrected chi connectivity index (χ3v) is 4.70. The van der Waals surface area contributed by atoms with Gasteiger partial charge in [0.05, 0.1) is 0 Å². The van der Waals surface area contributed by atoms with E-state index in [4.69, 9.17) is 10.5 Å². The van der Waals surface area contributed by atoms with Crippen LogP contribution < -0.4 is 5.73 Å².